The molecule has 160 valence electrons. The van der Waals surface area contributed by atoms with Gasteiger partial charge < -0.3 is 8.94 Å². The van der Waals surface area contributed by atoms with E-state index in [0.717, 1.165) is 18.4 Å². The van der Waals surface area contributed by atoms with E-state index in [1.807, 2.05) is 30.3 Å². The molecule has 0 unspecified atom stereocenters. The maximum Gasteiger partial charge on any atom is 0.420 e. The number of aromatic nitrogens is 3. The fraction of sp³-hybridized carbons (Fsp3) is 0.286. The van der Waals surface area contributed by atoms with Crippen LogP contribution in [0.1, 0.15) is 36.0 Å². The SMILES string of the molecule is CN(Cc1ccccc1)S(=O)(=O)c1ccc2c(c1)oc(=O)n2Cc1noc(C2CC2)n1. The van der Waals surface area contributed by atoms with E-state index in [-0.39, 0.29) is 23.6 Å². The Morgan fingerprint density at radius 1 is 1.16 bits per heavy atom. The number of hydrogen-bond acceptors (Lipinski definition) is 7. The molecule has 1 saturated carbocycles. The Bertz CT molecular complexity index is 1400. The van der Waals surface area contributed by atoms with Crippen molar-refractivity contribution in [2.24, 2.45) is 0 Å². The average Bonchev–Trinajstić information content (AvgIpc) is 3.43. The molecule has 0 aliphatic heterocycles. The third-order valence-corrected chi connectivity index (χ3v) is 7.11. The lowest BCUT2D eigenvalue weighted by Crippen LogP contribution is -2.26. The van der Waals surface area contributed by atoms with Crippen molar-refractivity contribution in [1.29, 1.82) is 0 Å². The molecular weight excluding hydrogens is 420 g/mol. The van der Waals surface area contributed by atoms with Crippen LogP contribution in [0.15, 0.2) is 67.2 Å². The molecule has 0 bridgehead atoms. The van der Waals surface area contributed by atoms with E-state index in [0.29, 0.717) is 23.1 Å². The summed E-state index contributed by atoms with van der Waals surface area (Å²) in [5, 5.41) is 3.93. The van der Waals surface area contributed by atoms with Crippen molar-refractivity contribution in [2.45, 2.75) is 36.7 Å². The Kier molecular flexibility index (Phi) is 4.75. The van der Waals surface area contributed by atoms with Crippen LogP contribution in [0, 0.1) is 0 Å². The number of hydrogen-bond donors (Lipinski definition) is 0. The van der Waals surface area contributed by atoms with E-state index in [9.17, 15) is 13.2 Å². The third kappa shape index (κ3) is 3.79. The highest BCUT2D eigenvalue weighted by Crippen LogP contribution is 2.38. The van der Waals surface area contributed by atoms with Crippen LogP contribution < -0.4 is 5.76 Å². The molecule has 0 atom stereocenters. The van der Waals surface area contributed by atoms with E-state index in [2.05, 4.69) is 10.1 Å². The summed E-state index contributed by atoms with van der Waals surface area (Å²) in [4.78, 5) is 16.8. The standard InChI is InChI=1S/C21H20N4O5S/c1-24(12-14-5-3-2-4-6-14)31(27,28)16-9-10-17-18(11-16)29-21(26)25(17)13-19-22-20(30-23-19)15-7-8-15/h2-6,9-11,15H,7-8,12-13H2,1H3. The lowest BCUT2D eigenvalue weighted by Gasteiger charge is -2.17. The first kappa shape index (κ1) is 19.7. The van der Waals surface area contributed by atoms with Crippen molar-refractivity contribution in [3.05, 3.63) is 76.4 Å². The van der Waals surface area contributed by atoms with Gasteiger partial charge in [-0.3, -0.25) is 4.57 Å². The Labute approximate surface area is 178 Å². The van der Waals surface area contributed by atoms with Crippen LogP contribution in [0.4, 0.5) is 0 Å². The summed E-state index contributed by atoms with van der Waals surface area (Å²) in [6.45, 7) is 0.315. The molecular formula is C21H20N4O5S. The Balaban J connectivity index is 1.42. The van der Waals surface area contributed by atoms with Gasteiger partial charge in [-0.2, -0.15) is 9.29 Å². The first-order valence-corrected chi connectivity index (χ1v) is 11.3. The molecule has 9 nitrogen and oxygen atoms in total. The molecule has 1 aliphatic rings. The number of sulfonamides is 1. The van der Waals surface area contributed by atoms with Crippen molar-refractivity contribution in [2.75, 3.05) is 7.05 Å². The van der Waals surface area contributed by atoms with Gasteiger partial charge in [-0.15, -0.1) is 0 Å². The fourth-order valence-corrected chi connectivity index (χ4v) is 4.61. The van der Waals surface area contributed by atoms with Crippen LogP contribution in [0.3, 0.4) is 0 Å². The predicted molar refractivity (Wildman–Crippen MR) is 111 cm³/mol. The van der Waals surface area contributed by atoms with Gasteiger partial charge in [0, 0.05) is 25.6 Å². The molecule has 31 heavy (non-hydrogen) atoms. The van der Waals surface area contributed by atoms with E-state index < -0.39 is 15.8 Å². The summed E-state index contributed by atoms with van der Waals surface area (Å²) in [5.74, 6) is 0.677. The van der Waals surface area contributed by atoms with Gasteiger partial charge in [0.05, 0.1) is 17.0 Å². The first-order chi connectivity index (χ1) is 14.9. The maximum atomic E-state index is 13.0. The van der Waals surface area contributed by atoms with Crippen molar-refractivity contribution >= 4 is 21.1 Å². The van der Waals surface area contributed by atoms with Gasteiger partial charge >= 0.3 is 5.76 Å². The van der Waals surface area contributed by atoms with E-state index >= 15 is 0 Å². The molecule has 0 spiro atoms. The highest BCUT2D eigenvalue weighted by atomic mass is 32.2. The smallest absolute Gasteiger partial charge is 0.408 e. The largest absolute Gasteiger partial charge is 0.420 e. The summed E-state index contributed by atoms with van der Waals surface area (Å²) in [7, 11) is -2.25. The minimum Gasteiger partial charge on any atom is -0.408 e. The molecule has 0 amide bonds. The fourth-order valence-electron chi connectivity index (χ4n) is 3.43. The van der Waals surface area contributed by atoms with Gasteiger partial charge in [0.2, 0.25) is 15.9 Å². The lowest BCUT2D eigenvalue weighted by atomic mass is 10.2. The molecule has 2 aromatic carbocycles. The van der Waals surface area contributed by atoms with Crippen LogP contribution in [0.2, 0.25) is 0 Å². The second-order valence-electron chi connectivity index (χ2n) is 7.65. The van der Waals surface area contributed by atoms with Gasteiger partial charge in [-0.25, -0.2) is 13.2 Å². The molecule has 1 fully saturated rings. The molecule has 0 saturated heterocycles. The Morgan fingerprint density at radius 3 is 2.68 bits per heavy atom. The third-order valence-electron chi connectivity index (χ3n) is 5.31. The second-order valence-corrected chi connectivity index (χ2v) is 9.70. The van der Waals surface area contributed by atoms with Crippen LogP contribution in [-0.2, 0) is 23.1 Å². The number of benzene rings is 2. The zero-order valence-corrected chi connectivity index (χ0v) is 17.6. The highest BCUT2D eigenvalue weighted by Gasteiger charge is 2.30. The lowest BCUT2D eigenvalue weighted by molar-refractivity contribution is 0.372. The topological polar surface area (TPSA) is 111 Å². The quantitative estimate of drug-likeness (QED) is 0.434. The number of rotatable bonds is 7. The van der Waals surface area contributed by atoms with Crippen molar-refractivity contribution < 1.29 is 17.4 Å². The molecule has 10 heteroatoms. The molecule has 2 heterocycles. The maximum absolute atomic E-state index is 13.0. The molecule has 4 aromatic rings. The van der Waals surface area contributed by atoms with Crippen LogP contribution in [0.25, 0.3) is 11.1 Å². The molecule has 0 radical (unpaired) electrons. The molecule has 2 aromatic heterocycles. The summed E-state index contributed by atoms with van der Waals surface area (Å²) in [6.07, 6.45) is 2.07. The highest BCUT2D eigenvalue weighted by molar-refractivity contribution is 7.89. The zero-order chi connectivity index (χ0) is 21.6. The average molecular weight is 440 g/mol. The number of fused-ring (bicyclic) bond motifs is 1. The van der Waals surface area contributed by atoms with Gasteiger partial charge in [0.1, 0.15) is 0 Å². The number of oxazole rings is 1. The summed E-state index contributed by atoms with van der Waals surface area (Å²) < 4.78 is 39.2. The number of nitrogens with zero attached hydrogens (tertiary/aromatic N) is 4. The minimum absolute atomic E-state index is 0.0508. The van der Waals surface area contributed by atoms with Gasteiger partial charge in [-0.05, 0) is 30.5 Å². The van der Waals surface area contributed by atoms with Crippen LogP contribution >= 0.6 is 0 Å². The van der Waals surface area contributed by atoms with Gasteiger partial charge in [0.25, 0.3) is 0 Å². The van der Waals surface area contributed by atoms with Crippen molar-refractivity contribution in [3.8, 4) is 0 Å². The zero-order valence-electron chi connectivity index (χ0n) is 16.8. The van der Waals surface area contributed by atoms with E-state index in [1.165, 1.54) is 28.1 Å². The van der Waals surface area contributed by atoms with E-state index in [1.54, 1.807) is 6.07 Å². The first-order valence-electron chi connectivity index (χ1n) is 9.88. The molecule has 5 rings (SSSR count). The van der Waals surface area contributed by atoms with Crippen molar-refractivity contribution in [3.63, 3.8) is 0 Å². The van der Waals surface area contributed by atoms with Gasteiger partial charge in [0.15, 0.2) is 11.4 Å². The van der Waals surface area contributed by atoms with Gasteiger partial charge in [-0.1, -0.05) is 35.5 Å². The summed E-state index contributed by atoms with van der Waals surface area (Å²) in [5.41, 5.74) is 1.52. The monoisotopic (exact) mass is 440 g/mol. The second kappa shape index (κ2) is 7.47. The summed E-state index contributed by atoms with van der Waals surface area (Å²) in [6, 6.07) is 13.7. The Hall–Kier alpha value is -3.24. The van der Waals surface area contributed by atoms with Crippen LogP contribution in [0.5, 0.6) is 0 Å². The Morgan fingerprint density at radius 2 is 1.94 bits per heavy atom. The van der Waals surface area contributed by atoms with Crippen LogP contribution in [-0.4, -0.2) is 34.5 Å². The minimum atomic E-state index is -3.77. The normalized spacial score (nSPS) is 14.5. The summed E-state index contributed by atoms with van der Waals surface area (Å²) >= 11 is 0. The molecule has 1 aliphatic carbocycles. The van der Waals surface area contributed by atoms with Crippen molar-refractivity contribution in [1.82, 2.24) is 19.0 Å². The van der Waals surface area contributed by atoms with E-state index in [4.69, 9.17) is 8.94 Å². The predicted octanol–water partition coefficient (Wildman–Crippen LogP) is 2.72. The molecule has 0 N–H and O–H groups in total.